The molecule has 0 aliphatic carbocycles. The fraction of sp³-hybridized carbons (Fsp3) is 0.562. The van der Waals surface area contributed by atoms with Gasteiger partial charge in [0.1, 0.15) is 11.9 Å². The quantitative estimate of drug-likeness (QED) is 0.877. The Morgan fingerprint density at radius 3 is 2.90 bits per heavy atom. The van der Waals surface area contributed by atoms with Crippen molar-refractivity contribution >= 4 is 17.7 Å². The third kappa shape index (κ3) is 3.71. The molecule has 1 fully saturated rings. The minimum atomic E-state index is -0.136. The van der Waals surface area contributed by atoms with Crippen molar-refractivity contribution in [2.45, 2.75) is 26.1 Å². The molecule has 0 radical (unpaired) electrons. The van der Waals surface area contributed by atoms with Gasteiger partial charge < -0.3 is 9.64 Å². The first kappa shape index (κ1) is 16.2. The summed E-state index contributed by atoms with van der Waals surface area (Å²) >= 11 is 1.82. The largest absolute Gasteiger partial charge is 0.497 e. The zero-order chi connectivity index (χ0) is 15.4. The summed E-state index contributed by atoms with van der Waals surface area (Å²) in [5, 5.41) is 3.38. The predicted octanol–water partition coefficient (Wildman–Crippen LogP) is 2.51. The van der Waals surface area contributed by atoms with Gasteiger partial charge in [-0.2, -0.15) is 11.8 Å². The summed E-state index contributed by atoms with van der Waals surface area (Å²) in [5.41, 5.74) is 1.07. The van der Waals surface area contributed by atoms with Gasteiger partial charge in [0.25, 0.3) is 0 Å². The molecule has 0 spiro atoms. The lowest BCUT2D eigenvalue weighted by Crippen LogP contribution is -2.35. The maximum Gasteiger partial charge on any atom is 0.241 e. The predicted molar refractivity (Wildman–Crippen MR) is 87.6 cm³/mol. The Morgan fingerprint density at radius 1 is 1.48 bits per heavy atom. The van der Waals surface area contributed by atoms with E-state index in [4.69, 9.17) is 4.74 Å². The normalized spacial score (nSPS) is 23.4. The molecule has 3 unspecified atom stereocenters. The molecule has 0 saturated carbocycles. The Bertz CT molecular complexity index is 495. The fourth-order valence-corrected chi connectivity index (χ4v) is 3.40. The number of thioether (sulfide) groups is 1. The van der Waals surface area contributed by atoms with Crippen molar-refractivity contribution in [3.8, 4) is 5.75 Å². The van der Waals surface area contributed by atoms with Crippen LogP contribution >= 0.6 is 11.8 Å². The molecular weight excluding hydrogens is 284 g/mol. The number of rotatable bonds is 6. The van der Waals surface area contributed by atoms with Gasteiger partial charge >= 0.3 is 0 Å². The van der Waals surface area contributed by atoms with Crippen LogP contribution < -0.4 is 10.1 Å². The Balaban J connectivity index is 2.20. The highest BCUT2D eigenvalue weighted by Gasteiger charge is 2.37. The number of benzene rings is 1. The van der Waals surface area contributed by atoms with E-state index in [0.29, 0.717) is 5.92 Å². The Hall–Kier alpha value is -1.20. The van der Waals surface area contributed by atoms with Crippen LogP contribution in [0.15, 0.2) is 24.3 Å². The molecule has 3 atom stereocenters. The first-order valence-corrected chi connectivity index (χ1v) is 8.65. The number of carbonyl (C=O) groups is 1. The number of hydrogen-bond donors (Lipinski definition) is 1. The van der Waals surface area contributed by atoms with Gasteiger partial charge in [0, 0.05) is 6.54 Å². The highest BCUT2D eigenvalue weighted by Crippen LogP contribution is 2.28. The Kier molecular flexibility index (Phi) is 5.53. The van der Waals surface area contributed by atoms with E-state index < -0.39 is 0 Å². The molecule has 1 aliphatic rings. The molecule has 1 aromatic rings. The molecule has 1 heterocycles. The van der Waals surface area contributed by atoms with Crippen molar-refractivity contribution in [3.05, 3.63) is 29.8 Å². The van der Waals surface area contributed by atoms with Crippen molar-refractivity contribution in [3.63, 3.8) is 0 Å². The lowest BCUT2D eigenvalue weighted by molar-refractivity contribution is -0.130. The van der Waals surface area contributed by atoms with Crippen LogP contribution in [0.4, 0.5) is 0 Å². The molecule has 1 saturated heterocycles. The van der Waals surface area contributed by atoms with Gasteiger partial charge in [0.15, 0.2) is 0 Å². The van der Waals surface area contributed by atoms with Crippen LogP contribution in [0.3, 0.4) is 0 Å². The summed E-state index contributed by atoms with van der Waals surface area (Å²) in [6.45, 7) is 4.89. The monoisotopic (exact) mass is 308 g/mol. The Morgan fingerprint density at radius 2 is 2.24 bits per heavy atom. The van der Waals surface area contributed by atoms with Gasteiger partial charge in [-0.25, -0.2) is 0 Å². The summed E-state index contributed by atoms with van der Waals surface area (Å²) in [4.78, 5) is 14.4. The van der Waals surface area contributed by atoms with Crippen LogP contribution in [-0.4, -0.2) is 42.5 Å². The van der Waals surface area contributed by atoms with E-state index in [1.807, 2.05) is 47.9 Å². The zero-order valence-corrected chi connectivity index (χ0v) is 13.9. The van der Waals surface area contributed by atoms with E-state index in [9.17, 15) is 4.79 Å². The number of nitrogens with zero attached hydrogens (tertiary/aromatic N) is 1. The standard InChI is InChI=1S/C16H24N2O2S/c1-11(10-21-4)9-18-15(17-12(2)16(18)19)13-6-5-7-14(8-13)20-3/h5-8,11-12,15,17H,9-10H2,1-4H3. The molecule has 2 rings (SSSR count). The van der Waals surface area contributed by atoms with Crippen molar-refractivity contribution in [2.24, 2.45) is 5.92 Å². The molecule has 1 aromatic carbocycles. The second-order valence-electron chi connectivity index (χ2n) is 5.62. The van der Waals surface area contributed by atoms with Crippen molar-refractivity contribution in [1.82, 2.24) is 10.2 Å². The molecule has 0 aromatic heterocycles. The Labute approximate surface area is 131 Å². The SMILES string of the molecule is COc1cccc(C2NC(C)C(=O)N2CC(C)CSC)c1. The number of methoxy groups -OCH3 is 1. The minimum absolute atomic E-state index is 0.0630. The number of nitrogens with one attached hydrogen (secondary N) is 1. The number of ether oxygens (including phenoxy) is 1. The van der Waals surface area contributed by atoms with E-state index >= 15 is 0 Å². The number of carbonyl (C=O) groups excluding carboxylic acids is 1. The summed E-state index contributed by atoms with van der Waals surface area (Å²) in [7, 11) is 1.66. The smallest absolute Gasteiger partial charge is 0.241 e. The maximum atomic E-state index is 12.4. The van der Waals surface area contributed by atoms with Crippen LogP contribution in [0.2, 0.25) is 0 Å². The van der Waals surface area contributed by atoms with Gasteiger partial charge in [0.2, 0.25) is 5.91 Å². The van der Waals surface area contributed by atoms with Gasteiger partial charge in [-0.15, -0.1) is 0 Å². The van der Waals surface area contributed by atoms with Gasteiger partial charge in [0.05, 0.1) is 13.2 Å². The van der Waals surface area contributed by atoms with Crippen molar-refractivity contribution in [1.29, 1.82) is 0 Å². The van der Waals surface area contributed by atoms with E-state index in [-0.39, 0.29) is 18.1 Å². The maximum absolute atomic E-state index is 12.4. The molecule has 116 valence electrons. The minimum Gasteiger partial charge on any atom is -0.497 e. The van der Waals surface area contributed by atoms with Gasteiger partial charge in [-0.05, 0) is 42.5 Å². The highest BCUT2D eigenvalue weighted by molar-refractivity contribution is 7.98. The fourth-order valence-electron chi connectivity index (χ4n) is 2.73. The molecule has 1 N–H and O–H groups in total. The van der Waals surface area contributed by atoms with E-state index in [1.54, 1.807) is 7.11 Å². The summed E-state index contributed by atoms with van der Waals surface area (Å²) in [6.07, 6.45) is 2.04. The third-order valence-electron chi connectivity index (χ3n) is 3.74. The van der Waals surface area contributed by atoms with Crippen LogP contribution in [0.1, 0.15) is 25.6 Å². The second kappa shape index (κ2) is 7.18. The molecule has 1 amide bonds. The molecule has 21 heavy (non-hydrogen) atoms. The van der Waals surface area contributed by atoms with Crippen molar-refractivity contribution in [2.75, 3.05) is 25.7 Å². The summed E-state index contributed by atoms with van der Waals surface area (Å²) in [5.74, 6) is 2.53. The lowest BCUT2D eigenvalue weighted by Gasteiger charge is -2.27. The van der Waals surface area contributed by atoms with Gasteiger partial charge in [-0.3, -0.25) is 10.1 Å². The topological polar surface area (TPSA) is 41.6 Å². The number of amides is 1. The van der Waals surface area contributed by atoms with E-state index in [0.717, 1.165) is 23.6 Å². The zero-order valence-electron chi connectivity index (χ0n) is 13.1. The first-order chi connectivity index (χ1) is 10.1. The molecule has 1 aliphatic heterocycles. The molecular formula is C16H24N2O2S. The van der Waals surface area contributed by atoms with E-state index in [2.05, 4.69) is 18.5 Å². The highest BCUT2D eigenvalue weighted by atomic mass is 32.2. The van der Waals surface area contributed by atoms with Crippen LogP contribution in [-0.2, 0) is 4.79 Å². The molecule has 0 bridgehead atoms. The van der Waals surface area contributed by atoms with E-state index in [1.165, 1.54) is 0 Å². The summed E-state index contributed by atoms with van der Waals surface area (Å²) in [6, 6.07) is 7.78. The average molecular weight is 308 g/mol. The summed E-state index contributed by atoms with van der Waals surface area (Å²) < 4.78 is 5.29. The van der Waals surface area contributed by atoms with Gasteiger partial charge in [-0.1, -0.05) is 19.1 Å². The molecule has 4 nitrogen and oxygen atoms in total. The third-order valence-corrected chi connectivity index (χ3v) is 4.64. The lowest BCUT2D eigenvalue weighted by atomic mass is 10.1. The van der Waals surface area contributed by atoms with Crippen LogP contribution in [0.25, 0.3) is 0 Å². The molecule has 5 heteroatoms. The first-order valence-electron chi connectivity index (χ1n) is 7.26. The van der Waals surface area contributed by atoms with Crippen molar-refractivity contribution < 1.29 is 9.53 Å². The van der Waals surface area contributed by atoms with Crippen LogP contribution in [0.5, 0.6) is 5.75 Å². The number of hydrogen-bond acceptors (Lipinski definition) is 4. The average Bonchev–Trinajstić information content (AvgIpc) is 2.76. The second-order valence-corrected chi connectivity index (χ2v) is 6.53. The van der Waals surface area contributed by atoms with Crippen LogP contribution in [0, 0.1) is 5.92 Å².